The molecule has 0 spiro atoms. The van der Waals surface area contributed by atoms with Crippen LogP contribution in [0.3, 0.4) is 0 Å². The minimum Gasteiger partial charge on any atom is -0.358 e. The summed E-state index contributed by atoms with van der Waals surface area (Å²) in [7, 11) is 0. The zero-order chi connectivity index (χ0) is 16.6. The van der Waals surface area contributed by atoms with Crippen molar-refractivity contribution in [1.82, 2.24) is 4.98 Å². The Hall–Kier alpha value is -2.88. The number of aromatic amines is 1. The average molecular weight is 306 g/mol. The van der Waals surface area contributed by atoms with Crippen LogP contribution in [-0.4, -0.2) is 16.7 Å². The number of nitrogens with one attached hydrogen (secondary N) is 2. The van der Waals surface area contributed by atoms with E-state index in [1.54, 1.807) is 24.3 Å². The molecule has 0 fully saturated rings. The maximum Gasteiger partial charge on any atom is 0.258 e. The van der Waals surface area contributed by atoms with Crippen LogP contribution in [0, 0.1) is 13.8 Å². The summed E-state index contributed by atoms with van der Waals surface area (Å²) in [6.07, 6.45) is 0. The molecule has 0 aliphatic rings. The van der Waals surface area contributed by atoms with E-state index in [1.807, 2.05) is 32.0 Å². The third kappa shape index (κ3) is 2.75. The minimum atomic E-state index is -0.177. The summed E-state index contributed by atoms with van der Waals surface area (Å²) in [6.45, 7) is 5.39. The van der Waals surface area contributed by atoms with Gasteiger partial charge in [0, 0.05) is 27.8 Å². The molecule has 0 aliphatic heterocycles. The SMILES string of the molecule is CC(=O)c1cccc(NC(=O)c2c(C)[nH]c3cccc(C)c23)c1. The number of hydrogen-bond donors (Lipinski definition) is 2. The van der Waals surface area contributed by atoms with Gasteiger partial charge in [0.25, 0.3) is 5.91 Å². The summed E-state index contributed by atoms with van der Waals surface area (Å²) in [5.74, 6) is -0.205. The van der Waals surface area contributed by atoms with Gasteiger partial charge in [0.2, 0.25) is 0 Å². The fourth-order valence-electron chi connectivity index (χ4n) is 2.85. The first-order chi connectivity index (χ1) is 11.0. The molecule has 0 unspecified atom stereocenters. The van der Waals surface area contributed by atoms with Crippen LogP contribution < -0.4 is 5.32 Å². The Morgan fingerprint density at radius 3 is 2.52 bits per heavy atom. The second kappa shape index (κ2) is 5.72. The number of amides is 1. The Labute approximate surface area is 134 Å². The summed E-state index contributed by atoms with van der Waals surface area (Å²) in [6, 6.07) is 12.9. The van der Waals surface area contributed by atoms with E-state index < -0.39 is 0 Å². The molecule has 0 radical (unpaired) electrons. The van der Waals surface area contributed by atoms with Crippen molar-refractivity contribution in [3.05, 3.63) is 64.8 Å². The van der Waals surface area contributed by atoms with E-state index in [2.05, 4.69) is 10.3 Å². The van der Waals surface area contributed by atoms with Gasteiger partial charge in [-0.15, -0.1) is 0 Å². The number of carbonyl (C=O) groups excluding carboxylic acids is 2. The molecule has 1 heterocycles. The van der Waals surface area contributed by atoms with E-state index in [9.17, 15) is 9.59 Å². The van der Waals surface area contributed by atoms with Gasteiger partial charge in [0.15, 0.2) is 5.78 Å². The number of aromatic nitrogens is 1. The average Bonchev–Trinajstić information content (AvgIpc) is 2.85. The summed E-state index contributed by atoms with van der Waals surface area (Å²) in [5, 5.41) is 3.82. The third-order valence-corrected chi connectivity index (χ3v) is 3.97. The van der Waals surface area contributed by atoms with Crippen molar-refractivity contribution >= 4 is 28.3 Å². The van der Waals surface area contributed by atoms with Crippen LogP contribution in [0.15, 0.2) is 42.5 Å². The summed E-state index contributed by atoms with van der Waals surface area (Å²) >= 11 is 0. The van der Waals surface area contributed by atoms with Crippen molar-refractivity contribution < 1.29 is 9.59 Å². The number of ketones is 1. The Balaban J connectivity index is 2.00. The van der Waals surface area contributed by atoms with Gasteiger partial charge < -0.3 is 10.3 Å². The largest absolute Gasteiger partial charge is 0.358 e. The molecule has 2 N–H and O–H groups in total. The Kier molecular flexibility index (Phi) is 3.74. The molecule has 3 aromatic rings. The van der Waals surface area contributed by atoms with E-state index in [0.29, 0.717) is 16.8 Å². The lowest BCUT2D eigenvalue weighted by atomic mass is 10.0. The van der Waals surface area contributed by atoms with Crippen LogP contribution in [0.1, 0.15) is 38.9 Å². The summed E-state index contributed by atoms with van der Waals surface area (Å²) in [4.78, 5) is 27.4. The van der Waals surface area contributed by atoms with E-state index in [-0.39, 0.29) is 11.7 Å². The highest BCUT2D eigenvalue weighted by molar-refractivity contribution is 6.14. The van der Waals surface area contributed by atoms with Crippen molar-refractivity contribution in [2.24, 2.45) is 0 Å². The normalized spacial score (nSPS) is 10.7. The zero-order valence-electron chi connectivity index (χ0n) is 13.4. The van der Waals surface area contributed by atoms with Crippen LogP contribution >= 0.6 is 0 Å². The first-order valence-corrected chi connectivity index (χ1v) is 7.47. The van der Waals surface area contributed by atoms with Crippen LogP contribution in [-0.2, 0) is 0 Å². The quantitative estimate of drug-likeness (QED) is 0.711. The maximum atomic E-state index is 12.7. The van der Waals surface area contributed by atoms with E-state index in [0.717, 1.165) is 22.2 Å². The predicted octanol–water partition coefficient (Wildman–Crippen LogP) is 4.24. The van der Waals surface area contributed by atoms with Gasteiger partial charge in [-0.05, 0) is 44.5 Å². The lowest BCUT2D eigenvalue weighted by Crippen LogP contribution is -2.13. The number of benzene rings is 2. The molecule has 2 aromatic carbocycles. The number of rotatable bonds is 3. The van der Waals surface area contributed by atoms with Crippen molar-refractivity contribution in [2.45, 2.75) is 20.8 Å². The third-order valence-electron chi connectivity index (χ3n) is 3.97. The summed E-state index contributed by atoms with van der Waals surface area (Å²) in [5.41, 5.74) is 4.67. The van der Waals surface area contributed by atoms with Crippen molar-refractivity contribution in [3.8, 4) is 0 Å². The zero-order valence-corrected chi connectivity index (χ0v) is 13.4. The molecule has 0 saturated carbocycles. The minimum absolute atomic E-state index is 0.0276. The number of Topliss-reactive ketones (excluding diaryl/α,β-unsaturated/α-hetero) is 1. The highest BCUT2D eigenvalue weighted by atomic mass is 16.1. The second-order valence-electron chi connectivity index (χ2n) is 5.71. The van der Waals surface area contributed by atoms with E-state index >= 15 is 0 Å². The van der Waals surface area contributed by atoms with Gasteiger partial charge in [-0.2, -0.15) is 0 Å². The number of fused-ring (bicyclic) bond motifs is 1. The molecule has 23 heavy (non-hydrogen) atoms. The second-order valence-corrected chi connectivity index (χ2v) is 5.71. The molecular formula is C19H18N2O2. The first-order valence-electron chi connectivity index (χ1n) is 7.47. The summed E-state index contributed by atoms with van der Waals surface area (Å²) < 4.78 is 0. The number of carbonyl (C=O) groups is 2. The number of anilines is 1. The lowest BCUT2D eigenvalue weighted by Gasteiger charge is -2.07. The van der Waals surface area contributed by atoms with Gasteiger partial charge in [-0.3, -0.25) is 9.59 Å². The fraction of sp³-hybridized carbons (Fsp3) is 0.158. The molecule has 3 rings (SSSR count). The molecule has 0 saturated heterocycles. The molecule has 0 bridgehead atoms. The number of H-pyrrole nitrogens is 1. The van der Waals surface area contributed by atoms with Crippen LogP contribution in [0.25, 0.3) is 10.9 Å². The number of aryl methyl sites for hydroxylation is 2. The van der Waals surface area contributed by atoms with Crippen LogP contribution in [0.5, 0.6) is 0 Å². The van der Waals surface area contributed by atoms with Crippen molar-refractivity contribution in [2.75, 3.05) is 5.32 Å². The van der Waals surface area contributed by atoms with E-state index in [4.69, 9.17) is 0 Å². The van der Waals surface area contributed by atoms with Gasteiger partial charge in [-0.25, -0.2) is 0 Å². The van der Waals surface area contributed by atoms with Crippen LogP contribution in [0.2, 0.25) is 0 Å². The first kappa shape index (κ1) is 15.0. The topological polar surface area (TPSA) is 62.0 Å². The Morgan fingerprint density at radius 1 is 1.04 bits per heavy atom. The fourth-order valence-corrected chi connectivity index (χ4v) is 2.85. The van der Waals surface area contributed by atoms with Gasteiger partial charge in [0.05, 0.1) is 5.56 Å². The van der Waals surface area contributed by atoms with E-state index in [1.165, 1.54) is 6.92 Å². The Bertz CT molecular complexity index is 922. The van der Waals surface area contributed by atoms with Crippen molar-refractivity contribution in [1.29, 1.82) is 0 Å². The molecule has 4 heteroatoms. The van der Waals surface area contributed by atoms with Gasteiger partial charge in [0.1, 0.15) is 0 Å². The van der Waals surface area contributed by atoms with Crippen LogP contribution in [0.4, 0.5) is 5.69 Å². The maximum absolute atomic E-state index is 12.7. The number of hydrogen-bond acceptors (Lipinski definition) is 2. The van der Waals surface area contributed by atoms with Gasteiger partial charge >= 0.3 is 0 Å². The molecule has 0 atom stereocenters. The van der Waals surface area contributed by atoms with Gasteiger partial charge in [-0.1, -0.05) is 24.3 Å². The molecule has 116 valence electrons. The lowest BCUT2D eigenvalue weighted by molar-refractivity contribution is 0.101. The van der Waals surface area contributed by atoms with Crippen molar-refractivity contribution in [3.63, 3.8) is 0 Å². The smallest absolute Gasteiger partial charge is 0.258 e. The standard InChI is InChI=1S/C19H18N2O2/c1-11-6-4-9-16-17(11)18(12(2)20-16)19(23)21-15-8-5-7-14(10-15)13(3)22/h4-10,20H,1-3H3,(H,21,23). The molecular weight excluding hydrogens is 288 g/mol. The Morgan fingerprint density at radius 2 is 1.78 bits per heavy atom. The predicted molar refractivity (Wildman–Crippen MR) is 92.2 cm³/mol. The molecule has 1 amide bonds. The highest BCUT2D eigenvalue weighted by Crippen LogP contribution is 2.26. The molecule has 0 aliphatic carbocycles. The molecule has 4 nitrogen and oxygen atoms in total. The monoisotopic (exact) mass is 306 g/mol. The molecule has 1 aromatic heterocycles. The highest BCUT2D eigenvalue weighted by Gasteiger charge is 2.17.